The van der Waals surface area contributed by atoms with Gasteiger partial charge in [0.25, 0.3) is 0 Å². The van der Waals surface area contributed by atoms with Gasteiger partial charge in [-0.15, -0.1) is 0 Å². The van der Waals surface area contributed by atoms with Crippen molar-refractivity contribution in [1.82, 2.24) is 10.2 Å². The predicted molar refractivity (Wildman–Crippen MR) is 171 cm³/mol. The Hall–Kier alpha value is -3.97. The number of nitrogens with two attached hydrogens (primary N) is 1. The normalized spacial score (nSPS) is 14.0. The highest BCUT2D eigenvalue weighted by Gasteiger charge is 2.45. The zero-order chi connectivity index (χ0) is 31.8. The molecule has 0 bridgehead atoms. The molecule has 0 aromatic heterocycles. The number of nitrogens with one attached hydrogen (secondary N) is 1. The highest BCUT2D eigenvalue weighted by molar-refractivity contribution is 5.93. The molecule has 0 unspecified atom stereocenters. The third-order valence-electron chi connectivity index (χ3n) is 8.09. The molecule has 0 aliphatic rings. The third kappa shape index (κ3) is 7.71. The van der Waals surface area contributed by atoms with Gasteiger partial charge in [-0.25, -0.2) is 4.79 Å². The summed E-state index contributed by atoms with van der Waals surface area (Å²) in [5.41, 5.74) is 5.85. The largest absolute Gasteiger partial charge is 0.442 e. The van der Waals surface area contributed by atoms with Crippen molar-refractivity contribution in [2.75, 3.05) is 7.05 Å². The maximum absolute atomic E-state index is 14.2. The molecule has 3 N–H and O–H groups in total. The van der Waals surface area contributed by atoms with Crippen LogP contribution in [0.1, 0.15) is 71.1 Å². The molecular formula is C36H47N3O4. The van der Waals surface area contributed by atoms with Crippen LogP contribution in [0.3, 0.4) is 0 Å². The van der Waals surface area contributed by atoms with Crippen LogP contribution in [0.5, 0.6) is 0 Å². The van der Waals surface area contributed by atoms with Gasteiger partial charge in [0.2, 0.25) is 11.8 Å². The lowest BCUT2D eigenvalue weighted by Crippen LogP contribution is -2.60. The van der Waals surface area contributed by atoms with Crippen LogP contribution < -0.4 is 11.1 Å². The number of rotatable bonds is 13. The standard InChI is InChI=1S/C36H47N3O4/c1-8-26(4)31(37)33(41)39(7)30(24-25(2)3)32(40)38-35(5,6)34(42)43-36(27-18-12-9-13-19-27,28-20-14-10-15-21-28)29-22-16-11-17-23-29/h9-23,25-26,30-31H,8,24,37H2,1-7H3,(H,38,40)/t26-,30-,31-/m0/s1. The molecule has 0 aliphatic heterocycles. The Bertz CT molecular complexity index is 1250. The number of carbonyl (C=O) groups excluding carboxylic acids is 3. The zero-order valence-corrected chi connectivity index (χ0v) is 26.5. The van der Waals surface area contributed by atoms with Crippen LogP contribution in [0.15, 0.2) is 91.0 Å². The monoisotopic (exact) mass is 585 g/mol. The van der Waals surface area contributed by atoms with Crippen molar-refractivity contribution in [2.45, 2.75) is 77.6 Å². The summed E-state index contributed by atoms with van der Waals surface area (Å²) in [6.45, 7) is 11.1. The summed E-state index contributed by atoms with van der Waals surface area (Å²) in [5, 5.41) is 2.91. The number of hydrogen-bond acceptors (Lipinski definition) is 5. The molecule has 0 fully saturated rings. The van der Waals surface area contributed by atoms with Gasteiger partial charge in [-0.3, -0.25) is 9.59 Å². The Balaban J connectivity index is 2.00. The Labute approximate surface area is 256 Å². The summed E-state index contributed by atoms with van der Waals surface area (Å²) in [7, 11) is 1.60. The molecule has 43 heavy (non-hydrogen) atoms. The van der Waals surface area contributed by atoms with Gasteiger partial charge in [-0.05, 0) is 32.1 Å². The molecule has 3 aromatic rings. The van der Waals surface area contributed by atoms with Gasteiger partial charge in [0.05, 0.1) is 6.04 Å². The minimum atomic E-state index is -1.43. The highest BCUT2D eigenvalue weighted by Crippen LogP contribution is 2.41. The average Bonchev–Trinajstić information content (AvgIpc) is 3.01. The van der Waals surface area contributed by atoms with Crippen LogP contribution >= 0.6 is 0 Å². The predicted octanol–water partition coefficient (Wildman–Crippen LogP) is 5.66. The van der Waals surface area contributed by atoms with E-state index in [1.165, 1.54) is 4.90 Å². The Morgan fingerprint density at radius 3 is 1.60 bits per heavy atom. The molecule has 0 heterocycles. The van der Waals surface area contributed by atoms with Crippen LogP contribution in [-0.4, -0.2) is 47.4 Å². The number of amides is 2. The fourth-order valence-corrected chi connectivity index (χ4v) is 5.18. The van der Waals surface area contributed by atoms with E-state index in [0.29, 0.717) is 6.42 Å². The Morgan fingerprint density at radius 2 is 1.23 bits per heavy atom. The molecule has 3 aromatic carbocycles. The molecular weight excluding hydrogens is 538 g/mol. The maximum atomic E-state index is 14.2. The van der Waals surface area contributed by atoms with Gasteiger partial charge >= 0.3 is 5.97 Å². The first kappa shape index (κ1) is 33.5. The SMILES string of the molecule is CC[C@H](C)[C@H](N)C(=O)N(C)[C@@H](CC(C)C)C(=O)NC(C)(C)C(=O)OC(c1ccccc1)(c1ccccc1)c1ccccc1. The lowest BCUT2D eigenvalue weighted by Gasteiger charge is -2.39. The number of likely N-dealkylation sites (N-methyl/N-ethyl adjacent to an activating group) is 1. The van der Waals surface area contributed by atoms with Gasteiger partial charge in [0.15, 0.2) is 5.60 Å². The smallest absolute Gasteiger partial charge is 0.332 e. The zero-order valence-electron chi connectivity index (χ0n) is 26.5. The molecule has 0 aliphatic carbocycles. The van der Waals surface area contributed by atoms with Gasteiger partial charge in [0, 0.05) is 23.7 Å². The Kier molecular flexibility index (Phi) is 11.3. The van der Waals surface area contributed by atoms with Gasteiger partial charge < -0.3 is 20.7 Å². The fraction of sp³-hybridized carbons (Fsp3) is 0.417. The average molecular weight is 586 g/mol. The summed E-state index contributed by atoms with van der Waals surface area (Å²) in [4.78, 5) is 42.7. The lowest BCUT2D eigenvalue weighted by molar-refractivity contribution is -0.162. The van der Waals surface area contributed by atoms with Crippen LogP contribution in [0.4, 0.5) is 0 Å². The number of ether oxygens (including phenoxy) is 1. The highest BCUT2D eigenvalue weighted by atomic mass is 16.6. The van der Waals surface area contributed by atoms with E-state index >= 15 is 0 Å². The third-order valence-corrected chi connectivity index (χ3v) is 8.09. The van der Waals surface area contributed by atoms with E-state index in [9.17, 15) is 14.4 Å². The minimum Gasteiger partial charge on any atom is -0.442 e. The van der Waals surface area contributed by atoms with E-state index in [1.54, 1.807) is 20.9 Å². The van der Waals surface area contributed by atoms with E-state index in [4.69, 9.17) is 10.5 Å². The van der Waals surface area contributed by atoms with Crippen LogP contribution in [-0.2, 0) is 24.7 Å². The van der Waals surface area contributed by atoms with Crippen LogP contribution in [0.25, 0.3) is 0 Å². The first-order chi connectivity index (χ1) is 20.3. The molecule has 3 rings (SSSR count). The maximum Gasteiger partial charge on any atom is 0.332 e. The van der Waals surface area contributed by atoms with Crippen molar-refractivity contribution in [3.05, 3.63) is 108 Å². The molecule has 0 saturated carbocycles. The molecule has 0 radical (unpaired) electrons. The molecule has 3 atom stereocenters. The van der Waals surface area contributed by atoms with Gasteiger partial charge in [-0.2, -0.15) is 0 Å². The summed E-state index contributed by atoms with van der Waals surface area (Å²) in [6.07, 6.45) is 1.15. The van der Waals surface area contributed by atoms with Crippen molar-refractivity contribution in [1.29, 1.82) is 0 Å². The van der Waals surface area contributed by atoms with Crippen molar-refractivity contribution >= 4 is 17.8 Å². The second-order valence-corrected chi connectivity index (χ2v) is 12.3. The summed E-state index contributed by atoms with van der Waals surface area (Å²) >= 11 is 0. The van der Waals surface area contributed by atoms with Crippen molar-refractivity contribution in [3.8, 4) is 0 Å². The van der Waals surface area contributed by atoms with E-state index in [-0.39, 0.29) is 17.7 Å². The fourth-order valence-electron chi connectivity index (χ4n) is 5.18. The molecule has 0 spiro atoms. The summed E-state index contributed by atoms with van der Waals surface area (Å²) in [5.74, 6) is -1.28. The van der Waals surface area contributed by atoms with Crippen molar-refractivity contribution in [3.63, 3.8) is 0 Å². The lowest BCUT2D eigenvalue weighted by atomic mass is 9.80. The van der Waals surface area contributed by atoms with E-state index in [1.807, 2.05) is 119 Å². The number of hydrogen-bond donors (Lipinski definition) is 2. The molecule has 230 valence electrons. The summed E-state index contributed by atoms with van der Waals surface area (Å²) in [6, 6.07) is 27.2. The number of benzene rings is 3. The van der Waals surface area contributed by atoms with Crippen molar-refractivity contribution < 1.29 is 19.1 Å². The van der Waals surface area contributed by atoms with Gasteiger partial charge in [0.1, 0.15) is 11.6 Å². The first-order valence-electron chi connectivity index (χ1n) is 15.1. The molecule has 0 saturated heterocycles. The van der Waals surface area contributed by atoms with Gasteiger partial charge in [-0.1, -0.05) is 125 Å². The molecule has 7 heteroatoms. The van der Waals surface area contributed by atoms with Crippen LogP contribution in [0, 0.1) is 11.8 Å². The van der Waals surface area contributed by atoms with E-state index < -0.39 is 35.1 Å². The molecule has 7 nitrogen and oxygen atoms in total. The topological polar surface area (TPSA) is 102 Å². The quantitative estimate of drug-likeness (QED) is 0.199. The van der Waals surface area contributed by atoms with Crippen LogP contribution in [0.2, 0.25) is 0 Å². The minimum absolute atomic E-state index is 0.0359. The summed E-state index contributed by atoms with van der Waals surface area (Å²) < 4.78 is 6.56. The van der Waals surface area contributed by atoms with E-state index in [0.717, 1.165) is 23.1 Å². The molecule has 2 amide bonds. The van der Waals surface area contributed by atoms with Crippen molar-refractivity contribution in [2.24, 2.45) is 17.6 Å². The first-order valence-corrected chi connectivity index (χ1v) is 15.1. The second-order valence-electron chi connectivity index (χ2n) is 12.3. The van der Waals surface area contributed by atoms with E-state index in [2.05, 4.69) is 5.32 Å². The second kappa shape index (κ2) is 14.5. The number of carbonyl (C=O) groups is 3. The number of nitrogens with zero attached hydrogens (tertiary/aromatic N) is 1. The number of esters is 1. The Morgan fingerprint density at radius 1 is 0.814 bits per heavy atom.